The summed E-state index contributed by atoms with van der Waals surface area (Å²) in [4.78, 5) is 23.1. The Hall–Kier alpha value is -2.60. The third kappa shape index (κ3) is 3.29. The van der Waals surface area contributed by atoms with Crippen molar-refractivity contribution in [1.29, 1.82) is 0 Å². The second kappa shape index (κ2) is 5.80. The third-order valence-electron chi connectivity index (χ3n) is 2.73. The summed E-state index contributed by atoms with van der Waals surface area (Å²) in [6.45, 7) is 0. The fourth-order valence-electron chi connectivity index (χ4n) is 1.71. The number of carbonyl (C=O) groups is 2. The maximum Gasteiger partial charge on any atom is 0.258 e. The molecule has 2 aromatic rings. The van der Waals surface area contributed by atoms with Crippen LogP contribution in [0.15, 0.2) is 36.4 Å². The van der Waals surface area contributed by atoms with Crippen LogP contribution in [0.2, 0.25) is 5.02 Å². The van der Waals surface area contributed by atoms with Gasteiger partial charge < -0.3 is 16.8 Å². The zero-order valence-electron chi connectivity index (χ0n) is 10.7. The first kappa shape index (κ1) is 14.8. The van der Waals surface area contributed by atoms with Gasteiger partial charge in [0.25, 0.3) is 5.91 Å². The molecule has 0 bridgehead atoms. The summed E-state index contributed by atoms with van der Waals surface area (Å²) < 4.78 is 13.6. The van der Waals surface area contributed by atoms with Gasteiger partial charge in [0.15, 0.2) is 0 Å². The van der Waals surface area contributed by atoms with E-state index in [2.05, 4.69) is 5.32 Å². The Kier molecular flexibility index (Phi) is 4.09. The van der Waals surface area contributed by atoms with Gasteiger partial charge in [-0.2, -0.15) is 0 Å². The van der Waals surface area contributed by atoms with Gasteiger partial charge >= 0.3 is 0 Å². The van der Waals surface area contributed by atoms with Crippen LogP contribution in [0.3, 0.4) is 0 Å². The highest BCUT2D eigenvalue weighted by Crippen LogP contribution is 2.21. The van der Waals surface area contributed by atoms with E-state index in [0.29, 0.717) is 0 Å². The van der Waals surface area contributed by atoms with Gasteiger partial charge in [0, 0.05) is 11.4 Å². The molecule has 7 heteroatoms. The molecule has 0 atom stereocenters. The largest absolute Gasteiger partial charge is 0.399 e. The van der Waals surface area contributed by atoms with E-state index >= 15 is 0 Å². The molecule has 0 saturated heterocycles. The molecule has 0 spiro atoms. The summed E-state index contributed by atoms with van der Waals surface area (Å²) in [6.07, 6.45) is 0. The summed E-state index contributed by atoms with van der Waals surface area (Å²) in [7, 11) is 0. The second-order valence-electron chi connectivity index (χ2n) is 4.25. The molecule has 5 nitrogen and oxygen atoms in total. The minimum atomic E-state index is -0.739. The van der Waals surface area contributed by atoms with E-state index in [-0.39, 0.29) is 27.5 Å². The lowest BCUT2D eigenvalue weighted by Crippen LogP contribution is -2.16. The molecule has 108 valence electrons. The molecule has 5 N–H and O–H groups in total. The van der Waals surface area contributed by atoms with Crippen LogP contribution >= 0.6 is 11.6 Å². The van der Waals surface area contributed by atoms with Gasteiger partial charge in [-0.3, -0.25) is 9.59 Å². The van der Waals surface area contributed by atoms with Crippen molar-refractivity contribution in [2.45, 2.75) is 0 Å². The number of nitrogen functional groups attached to an aromatic ring is 1. The van der Waals surface area contributed by atoms with Gasteiger partial charge in [0.2, 0.25) is 5.91 Å². The Morgan fingerprint density at radius 1 is 1.10 bits per heavy atom. The molecule has 0 aliphatic heterocycles. The summed E-state index contributed by atoms with van der Waals surface area (Å²) in [6, 6.07) is 7.93. The normalized spacial score (nSPS) is 10.2. The quantitative estimate of drug-likeness (QED) is 0.759. The van der Waals surface area contributed by atoms with Crippen LogP contribution in [0.4, 0.5) is 15.8 Å². The molecule has 21 heavy (non-hydrogen) atoms. The number of carbonyl (C=O) groups excluding carboxylic acids is 2. The molecule has 0 aliphatic carbocycles. The lowest BCUT2D eigenvalue weighted by Gasteiger charge is -2.08. The number of primary amides is 1. The van der Waals surface area contributed by atoms with E-state index in [4.69, 9.17) is 23.1 Å². The molecule has 2 rings (SSSR count). The second-order valence-corrected chi connectivity index (χ2v) is 4.66. The number of nitrogens with one attached hydrogen (secondary N) is 1. The van der Waals surface area contributed by atoms with Crippen LogP contribution in [0.5, 0.6) is 0 Å². The predicted octanol–water partition coefficient (Wildman–Crippen LogP) is 2.41. The van der Waals surface area contributed by atoms with Crippen molar-refractivity contribution in [2.75, 3.05) is 11.1 Å². The van der Waals surface area contributed by atoms with E-state index in [1.165, 1.54) is 30.3 Å². The van der Waals surface area contributed by atoms with Crippen molar-refractivity contribution >= 4 is 34.8 Å². The van der Waals surface area contributed by atoms with Crippen molar-refractivity contribution in [3.05, 3.63) is 58.4 Å². The fourth-order valence-corrected chi connectivity index (χ4v) is 1.92. The van der Waals surface area contributed by atoms with Crippen LogP contribution in [0.1, 0.15) is 20.7 Å². The smallest absolute Gasteiger partial charge is 0.258 e. The monoisotopic (exact) mass is 307 g/mol. The Balaban J connectivity index is 2.27. The molecule has 0 aliphatic rings. The van der Waals surface area contributed by atoms with Crippen molar-refractivity contribution < 1.29 is 14.0 Å². The van der Waals surface area contributed by atoms with Crippen molar-refractivity contribution in [1.82, 2.24) is 0 Å². The van der Waals surface area contributed by atoms with Crippen molar-refractivity contribution in [2.24, 2.45) is 5.73 Å². The number of halogens is 2. The zero-order valence-corrected chi connectivity index (χ0v) is 11.4. The summed E-state index contributed by atoms with van der Waals surface area (Å²) in [5.74, 6) is -2.14. The van der Waals surface area contributed by atoms with E-state index in [1.807, 2.05) is 0 Å². The van der Waals surface area contributed by atoms with Crippen molar-refractivity contribution in [3.63, 3.8) is 0 Å². The Bertz CT molecular complexity index is 734. The molecule has 0 radical (unpaired) electrons. The molecule has 2 aromatic carbocycles. The Morgan fingerprint density at radius 3 is 2.43 bits per heavy atom. The van der Waals surface area contributed by atoms with Gasteiger partial charge in [0.05, 0.1) is 16.1 Å². The van der Waals surface area contributed by atoms with Gasteiger partial charge in [-0.1, -0.05) is 11.6 Å². The number of hydrogen-bond donors (Lipinski definition) is 3. The molecule has 0 fully saturated rings. The van der Waals surface area contributed by atoms with Crippen LogP contribution in [-0.4, -0.2) is 11.8 Å². The first-order valence-electron chi connectivity index (χ1n) is 5.84. The highest BCUT2D eigenvalue weighted by atomic mass is 35.5. The molecular formula is C14H11ClFN3O2. The Morgan fingerprint density at radius 2 is 1.81 bits per heavy atom. The molecule has 2 amide bonds. The predicted molar refractivity (Wildman–Crippen MR) is 78.7 cm³/mol. The van der Waals surface area contributed by atoms with Gasteiger partial charge in [-0.25, -0.2) is 4.39 Å². The van der Waals surface area contributed by atoms with E-state index < -0.39 is 17.6 Å². The van der Waals surface area contributed by atoms with Crippen LogP contribution in [-0.2, 0) is 0 Å². The summed E-state index contributed by atoms with van der Waals surface area (Å²) in [5, 5.41) is 2.62. The Labute approximate surface area is 124 Å². The lowest BCUT2D eigenvalue weighted by atomic mass is 10.1. The maximum absolute atomic E-state index is 13.6. The molecule has 0 heterocycles. The number of amides is 2. The number of rotatable bonds is 3. The SMILES string of the molecule is NC(=O)c1cc(NC(=O)c2ccc(N)cc2F)ccc1Cl. The van der Waals surface area contributed by atoms with Crippen LogP contribution < -0.4 is 16.8 Å². The average molecular weight is 308 g/mol. The number of hydrogen-bond acceptors (Lipinski definition) is 3. The van der Waals surface area contributed by atoms with Gasteiger partial charge in [-0.05, 0) is 36.4 Å². The fraction of sp³-hybridized carbons (Fsp3) is 0. The topological polar surface area (TPSA) is 98.2 Å². The van der Waals surface area contributed by atoms with Gasteiger partial charge in [0.1, 0.15) is 5.82 Å². The number of nitrogens with two attached hydrogens (primary N) is 2. The maximum atomic E-state index is 13.6. The lowest BCUT2D eigenvalue weighted by molar-refractivity contribution is 0.0995. The summed E-state index contributed by atoms with van der Waals surface area (Å²) in [5.41, 5.74) is 11.0. The highest BCUT2D eigenvalue weighted by molar-refractivity contribution is 6.34. The van der Waals surface area contributed by atoms with Gasteiger partial charge in [-0.15, -0.1) is 0 Å². The van der Waals surface area contributed by atoms with E-state index in [9.17, 15) is 14.0 Å². The number of benzene rings is 2. The first-order chi connectivity index (χ1) is 9.88. The molecule has 0 saturated carbocycles. The first-order valence-corrected chi connectivity index (χ1v) is 6.22. The van der Waals surface area contributed by atoms with E-state index in [0.717, 1.165) is 6.07 Å². The average Bonchev–Trinajstić information content (AvgIpc) is 2.40. The molecular weight excluding hydrogens is 297 g/mol. The third-order valence-corrected chi connectivity index (χ3v) is 3.06. The summed E-state index contributed by atoms with van der Waals surface area (Å²) >= 11 is 5.80. The highest BCUT2D eigenvalue weighted by Gasteiger charge is 2.14. The standard InChI is InChI=1S/C14H11ClFN3O2/c15-11-4-2-8(6-10(11)13(18)20)19-14(21)9-3-1-7(17)5-12(9)16/h1-6H,17H2,(H2,18,20)(H,19,21). The van der Waals surface area contributed by atoms with Crippen LogP contribution in [0, 0.1) is 5.82 Å². The minimum absolute atomic E-state index is 0.0623. The minimum Gasteiger partial charge on any atom is -0.399 e. The molecule has 0 unspecified atom stereocenters. The number of anilines is 2. The van der Waals surface area contributed by atoms with Crippen molar-refractivity contribution in [3.8, 4) is 0 Å². The molecule has 0 aromatic heterocycles. The van der Waals surface area contributed by atoms with Crippen LogP contribution in [0.25, 0.3) is 0 Å². The zero-order chi connectivity index (χ0) is 15.6. The van der Waals surface area contributed by atoms with E-state index in [1.54, 1.807) is 0 Å².